The molecule has 0 fully saturated rings. The smallest absolute Gasteiger partial charge is 0.333 e. The number of carbonyl (C=O) groups excluding carboxylic acids is 2. The average Bonchev–Trinajstić information content (AvgIpc) is 3.51. The summed E-state index contributed by atoms with van der Waals surface area (Å²) >= 11 is 0. The van der Waals surface area contributed by atoms with Gasteiger partial charge in [-0.05, 0) is 31.0 Å². The Morgan fingerprint density at radius 1 is 0.816 bits per heavy atom. The van der Waals surface area contributed by atoms with E-state index in [-0.39, 0.29) is 47.2 Å². The number of ether oxygens (including phenoxy) is 2. The lowest BCUT2D eigenvalue weighted by molar-refractivity contribution is -0.688. The van der Waals surface area contributed by atoms with Gasteiger partial charge in [-0.3, -0.25) is 0 Å². The summed E-state index contributed by atoms with van der Waals surface area (Å²) in [6.45, 7) is 19.2. The summed E-state index contributed by atoms with van der Waals surface area (Å²) in [7, 11) is 0. The molecular weight excluding hydrogens is 616 g/mol. The highest BCUT2D eigenvalue weighted by Gasteiger charge is 2.07. The Bertz CT molecular complexity index is 1160. The van der Waals surface area contributed by atoms with Gasteiger partial charge in [0.25, 0.3) is 0 Å². The maximum absolute atomic E-state index is 10.8. The molecule has 0 aliphatic carbocycles. The van der Waals surface area contributed by atoms with E-state index in [0.717, 1.165) is 13.1 Å². The van der Waals surface area contributed by atoms with Crippen LogP contribution in [0.2, 0.25) is 0 Å². The fraction of sp³-hybridized carbons (Fsp3) is 0.214. The van der Waals surface area contributed by atoms with E-state index in [1.54, 1.807) is 26.2 Å². The second kappa shape index (κ2) is 17.9. The van der Waals surface area contributed by atoms with Gasteiger partial charge in [0.2, 0.25) is 12.7 Å². The molecule has 3 rings (SSSR count). The number of imidazole rings is 2. The Labute approximate surface area is 245 Å². The zero-order valence-corrected chi connectivity index (χ0v) is 24.9. The van der Waals surface area contributed by atoms with Crippen LogP contribution >= 0.6 is 0 Å². The van der Waals surface area contributed by atoms with E-state index in [1.807, 2.05) is 46.6 Å². The number of halogens is 2. The van der Waals surface area contributed by atoms with E-state index >= 15 is 0 Å². The Hall–Kier alpha value is -3.50. The highest BCUT2D eigenvalue weighted by atomic mass is 79.9. The van der Waals surface area contributed by atoms with E-state index in [4.69, 9.17) is 0 Å². The highest BCUT2D eigenvalue weighted by molar-refractivity contribution is 5.87. The van der Waals surface area contributed by atoms with Crippen molar-refractivity contribution < 1.29 is 62.2 Å². The van der Waals surface area contributed by atoms with Crippen LogP contribution in [0.3, 0.4) is 0 Å². The standard InChI is InChI=1S/C18H20N4.C10H14O4.2BrH/c1-3-19-8-10-21(15-19)13-17-6-5-7-18(12-17)14-22-11-9-20(4-2)16-22;1-7(2)9(11)13-5-6-14-10(12)8(3)4;;/h3-12,15-16H,1-2,13-14H2;1,3,5-6H2,2,4H3;2*1H/q+2;;;/p-2. The molecule has 0 spiro atoms. The molecule has 2 aromatic heterocycles. The number of hydrogen-bond donors (Lipinski definition) is 0. The van der Waals surface area contributed by atoms with Crippen LogP contribution in [0, 0.1) is 0 Å². The van der Waals surface area contributed by atoms with Crippen LogP contribution in [-0.2, 0) is 32.2 Å². The van der Waals surface area contributed by atoms with Gasteiger partial charge in [0.15, 0.2) is 0 Å². The van der Waals surface area contributed by atoms with E-state index < -0.39 is 11.9 Å². The second-order valence-corrected chi connectivity index (χ2v) is 8.08. The van der Waals surface area contributed by atoms with Crippen LogP contribution < -0.4 is 43.1 Å². The van der Waals surface area contributed by atoms with Gasteiger partial charge < -0.3 is 43.4 Å². The SMILES string of the molecule is C=C(C)C(=O)OCCOC(=O)C(=C)C.C=Cn1cc[n+](Cc2cccc(C[n+]3ccn(C=C)c3)c2)c1.[Br-].[Br-]. The normalized spacial score (nSPS) is 9.42. The van der Waals surface area contributed by atoms with Gasteiger partial charge in [-0.15, -0.1) is 0 Å². The van der Waals surface area contributed by atoms with Gasteiger partial charge in [-0.25, -0.2) is 27.9 Å². The lowest BCUT2D eigenvalue weighted by atomic mass is 10.1. The molecule has 2 heterocycles. The molecule has 204 valence electrons. The molecule has 0 N–H and O–H groups in total. The molecule has 0 unspecified atom stereocenters. The summed E-state index contributed by atoms with van der Waals surface area (Å²) in [4.78, 5) is 21.7. The maximum Gasteiger partial charge on any atom is 0.333 e. The molecule has 38 heavy (non-hydrogen) atoms. The van der Waals surface area contributed by atoms with Gasteiger partial charge >= 0.3 is 11.9 Å². The predicted octanol–water partition coefficient (Wildman–Crippen LogP) is -2.60. The molecule has 0 bridgehead atoms. The van der Waals surface area contributed by atoms with Crippen molar-refractivity contribution in [1.29, 1.82) is 0 Å². The van der Waals surface area contributed by atoms with E-state index in [2.05, 4.69) is 69.2 Å². The van der Waals surface area contributed by atoms with Crippen molar-refractivity contribution in [3.63, 3.8) is 0 Å². The number of carbonyl (C=O) groups is 2. The lowest BCUT2D eigenvalue weighted by Gasteiger charge is -2.05. The molecule has 3 aromatic rings. The first-order chi connectivity index (χ1) is 17.2. The summed E-state index contributed by atoms with van der Waals surface area (Å²) in [6.07, 6.45) is 15.7. The van der Waals surface area contributed by atoms with Gasteiger partial charge in [-0.1, -0.05) is 44.5 Å². The van der Waals surface area contributed by atoms with Crippen molar-refractivity contribution in [1.82, 2.24) is 9.13 Å². The monoisotopic (exact) mass is 648 g/mol. The van der Waals surface area contributed by atoms with Gasteiger partial charge in [-0.2, -0.15) is 0 Å². The average molecular weight is 650 g/mol. The van der Waals surface area contributed by atoms with Crippen molar-refractivity contribution in [2.45, 2.75) is 26.9 Å². The first-order valence-electron chi connectivity index (χ1n) is 11.3. The second-order valence-electron chi connectivity index (χ2n) is 8.08. The van der Waals surface area contributed by atoms with Crippen molar-refractivity contribution in [2.24, 2.45) is 0 Å². The van der Waals surface area contributed by atoms with Crippen molar-refractivity contribution in [3.05, 3.63) is 110 Å². The van der Waals surface area contributed by atoms with Crippen molar-refractivity contribution in [2.75, 3.05) is 13.2 Å². The zero-order chi connectivity index (χ0) is 26.5. The minimum Gasteiger partial charge on any atom is -1.00 e. The summed E-state index contributed by atoms with van der Waals surface area (Å²) in [6, 6.07) is 8.67. The lowest BCUT2D eigenvalue weighted by Crippen LogP contribution is -3.00. The third-order valence-corrected chi connectivity index (χ3v) is 4.81. The van der Waals surface area contributed by atoms with Gasteiger partial charge in [0.1, 0.15) is 51.1 Å². The van der Waals surface area contributed by atoms with Crippen LogP contribution in [0.5, 0.6) is 0 Å². The molecule has 0 amide bonds. The molecule has 0 aliphatic rings. The quantitative estimate of drug-likeness (QED) is 0.0989. The van der Waals surface area contributed by atoms with Crippen LogP contribution in [0.4, 0.5) is 0 Å². The van der Waals surface area contributed by atoms with Gasteiger partial charge in [0, 0.05) is 11.1 Å². The minimum atomic E-state index is -0.489. The largest absolute Gasteiger partial charge is 1.00 e. The summed E-state index contributed by atoms with van der Waals surface area (Å²) < 4.78 is 17.5. The van der Waals surface area contributed by atoms with Crippen LogP contribution in [0.25, 0.3) is 12.4 Å². The van der Waals surface area contributed by atoms with Crippen molar-refractivity contribution >= 4 is 24.3 Å². The first-order valence-corrected chi connectivity index (χ1v) is 11.3. The van der Waals surface area contributed by atoms with Crippen LogP contribution in [0.1, 0.15) is 25.0 Å². The Morgan fingerprint density at radius 2 is 1.21 bits per heavy atom. The Balaban J connectivity index is 0.000000755. The number of esters is 2. The summed E-state index contributed by atoms with van der Waals surface area (Å²) in [5.41, 5.74) is 3.20. The van der Waals surface area contributed by atoms with Gasteiger partial charge in [0.05, 0.1) is 12.4 Å². The van der Waals surface area contributed by atoms with E-state index in [0.29, 0.717) is 11.1 Å². The maximum atomic E-state index is 10.8. The molecule has 1 aromatic carbocycles. The molecular formula is C28H34Br2N4O4. The van der Waals surface area contributed by atoms with E-state index in [9.17, 15) is 9.59 Å². The Morgan fingerprint density at radius 3 is 1.53 bits per heavy atom. The van der Waals surface area contributed by atoms with Crippen LogP contribution in [0.15, 0.2) is 99.2 Å². The minimum absolute atomic E-state index is 0. The molecule has 0 atom stereocenters. The van der Waals surface area contributed by atoms with Crippen molar-refractivity contribution in [3.8, 4) is 0 Å². The number of aromatic nitrogens is 4. The fourth-order valence-electron chi connectivity index (χ4n) is 2.99. The first kappa shape index (κ1) is 34.5. The van der Waals surface area contributed by atoms with E-state index in [1.165, 1.54) is 11.1 Å². The zero-order valence-electron chi connectivity index (χ0n) is 21.8. The third-order valence-electron chi connectivity index (χ3n) is 4.81. The molecule has 0 aliphatic heterocycles. The van der Waals surface area contributed by atoms with Crippen LogP contribution in [-0.4, -0.2) is 34.3 Å². The highest BCUT2D eigenvalue weighted by Crippen LogP contribution is 2.05. The molecule has 10 heteroatoms. The number of nitrogens with zero attached hydrogens (tertiary/aromatic N) is 4. The predicted molar refractivity (Wildman–Crippen MR) is 138 cm³/mol. The fourth-order valence-corrected chi connectivity index (χ4v) is 2.99. The molecule has 0 radical (unpaired) electrons. The molecule has 0 saturated heterocycles. The third kappa shape index (κ3) is 12.2. The number of hydrogen-bond acceptors (Lipinski definition) is 4. The molecule has 8 nitrogen and oxygen atoms in total. The molecule has 0 saturated carbocycles. The summed E-state index contributed by atoms with van der Waals surface area (Å²) in [5, 5.41) is 0. The number of benzene rings is 1. The number of rotatable bonds is 11. The topological polar surface area (TPSA) is 70.2 Å². The Kier molecular flexibility index (Phi) is 16.2. The summed E-state index contributed by atoms with van der Waals surface area (Å²) in [5.74, 6) is -0.979.